The summed E-state index contributed by atoms with van der Waals surface area (Å²) in [4.78, 5) is 13.3. The minimum Gasteiger partial charge on any atom is -0.376 e. The number of hydrogen-bond donors (Lipinski definition) is 2. The molecule has 0 bridgehead atoms. The van der Waals surface area contributed by atoms with Crippen LogP contribution in [0.15, 0.2) is 18.5 Å². The van der Waals surface area contributed by atoms with E-state index < -0.39 is 0 Å². The van der Waals surface area contributed by atoms with Gasteiger partial charge in [0.2, 0.25) is 5.95 Å². The third-order valence-electron chi connectivity index (χ3n) is 4.44. The van der Waals surface area contributed by atoms with E-state index in [0.29, 0.717) is 6.10 Å². The first-order valence-corrected chi connectivity index (χ1v) is 9.10. The summed E-state index contributed by atoms with van der Waals surface area (Å²) in [6.45, 7) is 7.52. The van der Waals surface area contributed by atoms with E-state index in [1.54, 1.807) is 12.4 Å². The van der Waals surface area contributed by atoms with Crippen LogP contribution < -0.4 is 15.5 Å². The minimum absolute atomic E-state index is 0.318. The fourth-order valence-electron chi connectivity index (χ4n) is 3.03. The van der Waals surface area contributed by atoms with Gasteiger partial charge >= 0.3 is 0 Å². The standard InChI is InChI=1S/C16H26N6OS/c24-16(20-13-14-3-1-12-23-14)19-6-7-21-8-10-22(11-9-21)15-17-4-2-5-18-15/h2,4-5,14H,1,3,6-13H2,(H2,19,20,24)/t14-/m0/s1. The van der Waals surface area contributed by atoms with Crippen LogP contribution in [0.4, 0.5) is 5.95 Å². The van der Waals surface area contributed by atoms with Gasteiger partial charge in [-0.05, 0) is 31.1 Å². The Morgan fingerprint density at radius 2 is 2.00 bits per heavy atom. The maximum absolute atomic E-state index is 5.58. The molecular weight excluding hydrogens is 324 g/mol. The number of ether oxygens (including phenoxy) is 1. The first kappa shape index (κ1) is 17.3. The van der Waals surface area contributed by atoms with Crippen LogP contribution in [0.2, 0.25) is 0 Å². The van der Waals surface area contributed by atoms with E-state index in [0.717, 1.165) is 76.3 Å². The summed E-state index contributed by atoms with van der Waals surface area (Å²) in [5.74, 6) is 0.829. The normalized spacial score (nSPS) is 21.7. The van der Waals surface area contributed by atoms with Crippen molar-refractivity contribution in [1.29, 1.82) is 0 Å². The topological polar surface area (TPSA) is 65.5 Å². The minimum atomic E-state index is 0.318. The largest absolute Gasteiger partial charge is 0.376 e. The number of nitrogens with zero attached hydrogens (tertiary/aromatic N) is 4. The van der Waals surface area contributed by atoms with Crippen molar-refractivity contribution in [3.8, 4) is 0 Å². The Morgan fingerprint density at radius 1 is 1.21 bits per heavy atom. The van der Waals surface area contributed by atoms with Crippen LogP contribution in [0.3, 0.4) is 0 Å². The van der Waals surface area contributed by atoms with Crippen LogP contribution in [0, 0.1) is 0 Å². The highest BCUT2D eigenvalue weighted by Gasteiger charge is 2.18. The molecule has 1 atom stereocenters. The van der Waals surface area contributed by atoms with E-state index in [1.165, 1.54) is 0 Å². The molecule has 0 saturated carbocycles. The second kappa shape index (κ2) is 9.10. The molecule has 3 heterocycles. The number of nitrogens with one attached hydrogen (secondary N) is 2. The zero-order valence-electron chi connectivity index (χ0n) is 14.0. The summed E-state index contributed by atoms with van der Waals surface area (Å²) >= 11 is 5.32. The Labute approximate surface area is 148 Å². The molecule has 2 fully saturated rings. The SMILES string of the molecule is S=C(NCCN1CCN(c2ncccn2)CC1)NC[C@@H]1CCCO1. The molecule has 3 rings (SSSR count). The van der Waals surface area contributed by atoms with Crippen molar-refractivity contribution in [2.75, 3.05) is 57.3 Å². The lowest BCUT2D eigenvalue weighted by molar-refractivity contribution is 0.114. The lowest BCUT2D eigenvalue weighted by atomic mass is 10.2. The van der Waals surface area contributed by atoms with Crippen molar-refractivity contribution in [1.82, 2.24) is 25.5 Å². The van der Waals surface area contributed by atoms with Gasteiger partial charge in [0.1, 0.15) is 0 Å². The second-order valence-corrected chi connectivity index (χ2v) is 6.56. The fraction of sp³-hybridized carbons (Fsp3) is 0.688. The highest BCUT2D eigenvalue weighted by molar-refractivity contribution is 7.80. The van der Waals surface area contributed by atoms with Crippen molar-refractivity contribution in [3.63, 3.8) is 0 Å². The molecule has 8 heteroatoms. The van der Waals surface area contributed by atoms with Gasteiger partial charge in [0.25, 0.3) is 0 Å². The Hall–Kier alpha value is -1.51. The van der Waals surface area contributed by atoms with Gasteiger partial charge in [-0.1, -0.05) is 0 Å². The third kappa shape index (κ3) is 5.25. The van der Waals surface area contributed by atoms with Gasteiger partial charge in [-0.3, -0.25) is 4.90 Å². The van der Waals surface area contributed by atoms with Crippen LogP contribution >= 0.6 is 12.2 Å². The molecule has 2 aliphatic rings. The summed E-state index contributed by atoms with van der Waals surface area (Å²) in [5.41, 5.74) is 0. The van der Waals surface area contributed by atoms with Crippen LogP contribution in [0.25, 0.3) is 0 Å². The molecule has 2 saturated heterocycles. The van der Waals surface area contributed by atoms with Crippen LogP contribution in [0.1, 0.15) is 12.8 Å². The number of anilines is 1. The highest BCUT2D eigenvalue weighted by atomic mass is 32.1. The van der Waals surface area contributed by atoms with E-state index in [-0.39, 0.29) is 0 Å². The monoisotopic (exact) mass is 350 g/mol. The molecule has 1 aromatic rings. The average Bonchev–Trinajstić information content (AvgIpc) is 3.15. The average molecular weight is 350 g/mol. The van der Waals surface area contributed by atoms with E-state index in [1.807, 2.05) is 6.07 Å². The van der Waals surface area contributed by atoms with Crippen LogP contribution in [-0.2, 0) is 4.74 Å². The number of piperazine rings is 1. The Morgan fingerprint density at radius 3 is 2.71 bits per heavy atom. The van der Waals surface area contributed by atoms with E-state index in [4.69, 9.17) is 17.0 Å². The molecule has 0 radical (unpaired) electrons. The first-order valence-electron chi connectivity index (χ1n) is 8.69. The first-order chi connectivity index (χ1) is 11.8. The van der Waals surface area contributed by atoms with E-state index >= 15 is 0 Å². The Kier molecular flexibility index (Phi) is 6.57. The van der Waals surface area contributed by atoms with Crippen molar-refractivity contribution < 1.29 is 4.74 Å². The number of aromatic nitrogens is 2. The molecule has 0 amide bonds. The number of hydrogen-bond acceptors (Lipinski definition) is 6. The molecule has 0 unspecified atom stereocenters. The predicted molar refractivity (Wildman–Crippen MR) is 98.3 cm³/mol. The van der Waals surface area contributed by atoms with Crippen molar-refractivity contribution >= 4 is 23.3 Å². The molecule has 0 aromatic carbocycles. The Balaban J connectivity index is 1.27. The van der Waals surface area contributed by atoms with Gasteiger partial charge in [0.15, 0.2) is 5.11 Å². The van der Waals surface area contributed by atoms with Crippen LogP contribution in [-0.4, -0.2) is 78.5 Å². The van der Waals surface area contributed by atoms with E-state index in [9.17, 15) is 0 Å². The smallest absolute Gasteiger partial charge is 0.225 e. The molecule has 7 nitrogen and oxygen atoms in total. The molecule has 0 spiro atoms. The van der Waals surface area contributed by atoms with Gasteiger partial charge in [-0.2, -0.15) is 0 Å². The molecule has 1 aromatic heterocycles. The summed E-state index contributed by atoms with van der Waals surface area (Å²) in [6, 6.07) is 1.85. The Bertz CT molecular complexity index is 503. The number of rotatable bonds is 6. The molecule has 2 N–H and O–H groups in total. The van der Waals surface area contributed by atoms with Gasteiger partial charge in [-0.15, -0.1) is 0 Å². The van der Waals surface area contributed by atoms with E-state index in [2.05, 4.69) is 30.4 Å². The van der Waals surface area contributed by atoms with Crippen molar-refractivity contribution in [3.05, 3.63) is 18.5 Å². The second-order valence-electron chi connectivity index (χ2n) is 6.15. The molecule has 2 aliphatic heterocycles. The maximum Gasteiger partial charge on any atom is 0.225 e. The number of thiocarbonyl (C=S) groups is 1. The summed E-state index contributed by atoms with van der Waals surface area (Å²) in [5, 5.41) is 7.25. The van der Waals surface area contributed by atoms with Gasteiger partial charge in [0, 0.05) is 64.8 Å². The predicted octanol–water partition coefficient (Wildman–Crippen LogP) is 0.242. The molecular formula is C16H26N6OS. The lowest BCUT2D eigenvalue weighted by Gasteiger charge is -2.34. The van der Waals surface area contributed by atoms with Gasteiger partial charge in [0.05, 0.1) is 6.10 Å². The third-order valence-corrected chi connectivity index (χ3v) is 4.72. The summed E-state index contributed by atoms with van der Waals surface area (Å²) in [6.07, 6.45) is 6.20. The maximum atomic E-state index is 5.58. The zero-order chi connectivity index (χ0) is 16.6. The van der Waals surface area contributed by atoms with Crippen molar-refractivity contribution in [2.45, 2.75) is 18.9 Å². The molecule has 0 aliphatic carbocycles. The summed E-state index contributed by atoms with van der Waals surface area (Å²) in [7, 11) is 0. The molecule has 132 valence electrons. The lowest BCUT2D eigenvalue weighted by Crippen LogP contribution is -2.49. The van der Waals surface area contributed by atoms with Gasteiger partial charge < -0.3 is 20.3 Å². The van der Waals surface area contributed by atoms with Crippen LogP contribution in [0.5, 0.6) is 0 Å². The fourth-order valence-corrected chi connectivity index (χ4v) is 3.21. The zero-order valence-corrected chi connectivity index (χ0v) is 14.8. The summed E-state index contributed by atoms with van der Waals surface area (Å²) < 4.78 is 5.58. The highest BCUT2D eigenvalue weighted by Crippen LogP contribution is 2.10. The van der Waals surface area contributed by atoms with Gasteiger partial charge in [-0.25, -0.2) is 9.97 Å². The quantitative estimate of drug-likeness (QED) is 0.708. The molecule has 24 heavy (non-hydrogen) atoms. The van der Waals surface area contributed by atoms with Crippen molar-refractivity contribution in [2.24, 2.45) is 0 Å².